The van der Waals surface area contributed by atoms with Gasteiger partial charge in [-0.3, -0.25) is 14.9 Å². The first-order valence-corrected chi connectivity index (χ1v) is 6.10. The zero-order valence-electron chi connectivity index (χ0n) is 10.8. The molecule has 100 valence electrons. The van der Waals surface area contributed by atoms with Crippen LogP contribution in [-0.4, -0.2) is 47.0 Å². The zero-order chi connectivity index (χ0) is 13.1. The summed E-state index contributed by atoms with van der Waals surface area (Å²) >= 11 is 0. The van der Waals surface area contributed by atoms with Crippen LogP contribution in [0.5, 0.6) is 0 Å². The summed E-state index contributed by atoms with van der Waals surface area (Å²) in [6.45, 7) is 6.97. The Hall–Kier alpha value is -1.60. The molecule has 0 unspecified atom stereocenters. The van der Waals surface area contributed by atoms with Gasteiger partial charge in [0.15, 0.2) is 5.69 Å². The van der Waals surface area contributed by atoms with Crippen LogP contribution >= 0.6 is 0 Å². The van der Waals surface area contributed by atoms with Gasteiger partial charge >= 0.3 is 0 Å². The highest BCUT2D eigenvalue weighted by atomic mass is 16.5. The fraction of sp³-hybridized carbons (Fsp3) is 0.636. The van der Waals surface area contributed by atoms with Gasteiger partial charge < -0.3 is 10.5 Å². The number of hydrogen-bond acceptors (Lipinski definition) is 5. The number of rotatable bonds is 3. The molecule has 1 aliphatic rings. The van der Waals surface area contributed by atoms with Crippen molar-refractivity contribution < 1.29 is 9.53 Å². The van der Waals surface area contributed by atoms with Crippen LogP contribution in [0.1, 0.15) is 23.1 Å². The number of amides is 1. The number of aryl methyl sites for hydroxylation is 2. The summed E-state index contributed by atoms with van der Waals surface area (Å²) in [7, 11) is 0. The largest absolute Gasteiger partial charge is 0.395 e. The van der Waals surface area contributed by atoms with Gasteiger partial charge in [0, 0.05) is 19.6 Å². The van der Waals surface area contributed by atoms with E-state index in [1.165, 1.54) is 0 Å². The fourth-order valence-electron chi connectivity index (χ4n) is 1.94. The maximum Gasteiger partial charge on any atom is 0.285 e. The quantitative estimate of drug-likeness (QED) is 0.777. The summed E-state index contributed by atoms with van der Waals surface area (Å²) in [5.41, 5.74) is 10.3. The summed E-state index contributed by atoms with van der Waals surface area (Å²) in [4.78, 5) is 12.2. The molecule has 2 heterocycles. The van der Waals surface area contributed by atoms with Gasteiger partial charge in [-0.05, 0) is 13.8 Å². The van der Waals surface area contributed by atoms with Gasteiger partial charge in [-0.25, -0.2) is 5.01 Å². The number of carbonyl (C=O) groups is 1. The molecule has 0 aliphatic carbocycles. The molecule has 0 saturated carbocycles. The van der Waals surface area contributed by atoms with E-state index >= 15 is 0 Å². The Balaban J connectivity index is 2.12. The van der Waals surface area contributed by atoms with Crippen molar-refractivity contribution in [3.8, 4) is 0 Å². The first kappa shape index (κ1) is 12.8. The summed E-state index contributed by atoms with van der Waals surface area (Å²) in [5.74, 6) is -0.211. The number of nitrogens with one attached hydrogen (secondary N) is 1. The number of hydrogen-bond donors (Lipinski definition) is 2. The fourth-order valence-corrected chi connectivity index (χ4v) is 1.94. The van der Waals surface area contributed by atoms with Crippen LogP contribution in [0.2, 0.25) is 0 Å². The highest BCUT2D eigenvalue weighted by Crippen LogP contribution is 2.16. The molecule has 0 aromatic carbocycles. The monoisotopic (exact) mass is 253 g/mol. The van der Waals surface area contributed by atoms with Gasteiger partial charge in [-0.15, -0.1) is 0 Å². The number of ether oxygens (including phenoxy) is 1. The molecule has 3 N–H and O–H groups in total. The van der Waals surface area contributed by atoms with Crippen LogP contribution in [0.25, 0.3) is 0 Å². The minimum atomic E-state index is -0.211. The van der Waals surface area contributed by atoms with Crippen molar-refractivity contribution in [2.24, 2.45) is 0 Å². The Kier molecular flexibility index (Phi) is 3.83. The Morgan fingerprint density at radius 2 is 2.17 bits per heavy atom. The third kappa shape index (κ3) is 2.46. The molecule has 1 amide bonds. The minimum absolute atomic E-state index is 0.211. The summed E-state index contributed by atoms with van der Waals surface area (Å²) in [5, 5.41) is 6.07. The Morgan fingerprint density at radius 1 is 1.50 bits per heavy atom. The second kappa shape index (κ2) is 5.36. The van der Waals surface area contributed by atoms with Gasteiger partial charge in [-0.2, -0.15) is 5.10 Å². The van der Waals surface area contributed by atoms with Crippen molar-refractivity contribution in [1.29, 1.82) is 0 Å². The normalized spacial score (nSPS) is 16.8. The highest BCUT2D eigenvalue weighted by molar-refractivity contribution is 5.97. The number of nitrogens with zero attached hydrogens (tertiary/aromatic N) is 3. The van der Waals surface area contributed by atoms with E-state index in [4.69, 9.17) is 10.5 Å². The predicted molar refractivity (Wildman–Crippen MR) is 66.9 cm³/mol. The van der Waals surface area contributed by atoms with E-state index in [9.17, 15) is 4.79 Å². The smallest absolute Gasteiger partial charge is 0.285 e. The summed E-state index contributed by atoms with van der Waals surface area (Å²) < 4.78 is 6.85. The van der Waals surface area contributed by atoms with Crippen LogP contribution in [0.3, 0.4) is 0 Å². The van der Waals surface area contributed by atoms with E-state index < -0.39 is 0 Å². The molecule has 0 spiro atoms. The number of hydrazine groups is 1. The first-order chi connectivity index (χ1) is 8.63. The molecule has 0 bridgehead atoms. The molecule has 7 heteroatoms. The van der Waals surface area contributed by atoms with E-state index in [2.05, 4.69) is 10.5 Å². The number of nitrogens with two attached hydrogens (primary N) is 1. The lowest BCUT2D eigenvalue weighted by Crippen LogP contribution is -2.48. The molecule has 1 fully saturated rings. The average molecular weight is 253 g/mol. The number of nitrogen functional groups attached to an aromatic ring is 1. The highest BCUT2D eigenvalue weighted by Gasteiger charge is 2.21. The number of aromatic nitrogens is 2. The number of anilines is 1. The lowest BCUT2D eigenvalue weighted by atomic mass is 10.3. The third-order valence-corrected chi connectivity index (χ3v) is 2.96. The molecule has 0 atom stereocenters. The van der Waals surface area contributed by atoms with Gasteiger partial charge in [0.1, 0.15) is 0 Å². The van der Waals surface area contributed by atoms with Crippen molar-refractivity contribution in [2.75, 3.05) is 32.0 Å². The molecular weight excluding hydrogens is 234 g/mol. The third-order valence-electron chi connectivity index (χ3n) is 2.96. The van der Waals surface area contributed by atoms with E-state index in [1.807, 2.05) is 11.9 Å². The maximum absolute atomic E-state index is 12.2. The van der Waals surface area contributed by atoms with E-state index in [0.717, 1.165) is 0 Å². The number of carbonyl (C=O) groups excluding carboxylic acids is 1. The van der Waals surface area contributed by atoms with Crippen LogP contribution < -0.4 is 11.2 Å². The topological polar surface area (TPSA) is 85.4 Å². The van der Waals surface area contributed by atoms with E-state index in [-0.39, 0.29) is 5.91 Å². The Bertz CT molecular complexity index is 437. The predicted octanol–water partition coefficient (Wildman–Crippen LogP) is -0.229. The first-order valence-electron chi connectivity index (χ1n) is 6.10. The lowest BCUT2D eigenvalue weighted by molar-refractivity contribution is 0.0123. The number of morpholine rings is 1. The molecule has 0 radical (unpaired) electrons. The summed E-state index contributed by atoms with van der Waals surface area (Å²) in [6.07, 6.45) is 0. The van der Waals surface area contributed by atoms with Crippen molar-refractivity contribution in [2.45, 2.75) is 20.4 Å². The van der Waals surface area contributed by atoms with Crippen molar-refractivity contribution in [3.05, 3.63) is 11.4 Å². The molecule has 1 aromatic rings. The molecule has 2 rings (SSSR count). The molecule has 1 aliphatic heterocycles. The molecular formula is C11H19N5O2. The van der Waals surface area contributed by atoms with Gasteiger partial charge in [0.2, 0.25) is 0 Å². The van der Waals surface area contributed by atoms with Crippen molar-refractivity contribution >= 4 is 11.6 Å². The van der Waals surface area contributed by atoms with E-state index in [1.54, 1.807) is 11.6 Å². The average Bonchev–Trinajstić information content (AvgIpc) is 2.66. The zero-order valence-corrected chi connectivity index (χ0v) is 10.8. The van der Waals surface area contributed by atoms with E-state index in [0.29, 0.717) is 49.9 Å². The standard InChI is InChI=1S/C11H19N5O2/c1-3-16-10(9(12)8(2)13-16)11(17)14-15-4-6-18-7-5-15/h3-7,12H2,1-2H3,(H,14,17). The van der Waals surface area contributed by atoms with Gasteiger partial charge in [-0.1, -0.05) is 0 Å². The van der Waals surface area contributed by atoms with Gasteiger partial charge in [0.05, 0.1) is 24.6 Å². The van der Waals surface area contributed by atoms with Crippen LogP contribution in [0.4, 0.5) is 5.69 Å². The minimum Gasteiger partial charge on any atom is -0.395 e. The second-order valence-electron chi connectivity index (χ2n) is 4.20. The second-order valence-corrected chi connectivity index (χ2v) is 4.20. The molecule has 1 aromatic heterocycles. The Morgan fingerprint density at radius 3 is 2.78 bits per heavy atom. The van der Waals surface area contributed by atoms with Crippen LogP contribution in [0, 0.1) is 6.92 Å². The van der Waals surface area contributed by atoms with Gasteiger partial charge in [0.25, 0.3) is 5.91 Å². The summed E-state index contributed by atoms with van der Waals surface area (Å²) in [6, 6.07) is 0. The SMILES string of the molecule is CCn1nc(C)c(N)c1C(=O)NN1CCOCC1. The van der Waals surface area contributed by atoms with Crippen LogP contribution in [0.15, 0.2) is 0 Å². The molecule has 1 saturated heterocycles. The van der Waals surface area contributed by atoms with Crippen LogP contribution in [-0.2, 0) is 11.3 Å². The molecule has 7 nitrogen and oxygen atoms in total. The Labute approximate surface area is 106 Å². The maximum atomic E-state index is 12.2. The lowest BCUT2D eigenvalue weighted by Gasteiger charge is -2.27. The van der Waals surface area contributed by atoms with Crippen molar-refractivity contribution in [3.63, 3.8) is 0 Å². The van der Waals surface area contributed by atoms with Crippen molar-refractivity contribution in [1.82, 2.24) is 20.2 Å². The molecule has 18 heavy (non-hydrogen) atoms.